The molecule has 1 heterocycles. The number of hydrogen-bond donors (Lipinski definition) is 2. The highest BCUT2D eigenvalue weighted by Crippen LogP contribution is 2.13. The maximum Gasteiger partial charge on any atom is 0.251 e. The summed E-state index contributed by atoms with van der Waals surface area (Å²) >= 11 is 1.62. The lowest BCUT2D eigenvalue weighted by Gasteiger charge is -2.15. The molecule has 0 spiro atoms. The lowest BCUT2D eigenvalue weighted by atomic mass is 10.1. The number of hydrogen-bond acceptors (Lipinski definition) is 4. The molecule has 0 radical (unpaired) electrons. The zero-order valence-corrected chi connectivity index (χ0v) is 12.1. The molecular weight excluding hydrogens is 246 g/mol. The zero-order valence-electron chi connectivity index (χ0n) is 11.2. The van der Waals surface area contributed by atoms with Crippen molar-refractivity contribution in [2.24, 2.45) is 0 Å². The highest BCUT2D eigenvalue weighted by molar-refractivity contribution is 7.99. The average Bonchev–Trinajstić information content (AvgIpc) is 2.38. The Hall–Kier alpha value is -0.810. The fourth-order valence-electron chi connectivity index (χ4n) is 1.72. The number of nitrogens with zero attached hydrogens (tertiary/aromatic N) is 1. The monoisotopic (exact) mass is 269 g/mol. The van der Waals surface area contributed by atoms with E-state index in [1.807, 2.05) is 0 Å². The largest absolute Gasteiger partial charge is 0.314 e. The summed E-state index contributed by atoms with van der Waals surface area (Å²) in [5, 5.41) is 4.26. The van der Waals surface area contributed by atoms with Gasteiger partial charge in [0.25, 0.3) is 5.56 Å². The SMILES string of the molecule is CCCNC(CC)CCCSc1nccc(=O)[nH]1. The normalized spacial score (nSPS) is 12.6. The molecule has 0 aliphatic rings. The van der Waals surface area contributed by atoms with Crippen molar-refractivity contribution in [1.29, 1.82) is 0 Å². The van der Waals surface area contributed by atoms with E-state index in [1.54, 1.807) is 18.0 Å². The van der Waals surface area contributed by atoms with E-state index >= 15 is 0 Å². The first kappa shape index (κ1) is 15.2. The fraction of sp³-hybridized carbons (Fsp3) is 0.692. The van der Waals surface area contributed by atoms with Crippen LogP contribution in [0.1, 0.15) is 39.5 Å². The number of thioether (sulfide) groups is 1. The summed E-state index contributed by atoms with van der Waals surface area (Å²) in [6.45, 7) is 5.50. The van der Waals surface area contributed by atoms with Gasteiger partial charge in [-0.3, -0.25) is 4.79 Å². The maximum absolute atomic E-state index is 11.1. The second kappa shape index (κ2) is 9.16. The first-order valence-corrected chi connectivity index (χ1v) is 7.66. The Kier molecular flexibility index (Phi) is 7.76. The molecule has 1 rings (SSSR count). The number of H-pyrrole nitrogens is 1. The molecular formula is C13H23N3OS. The van der Waals surface area contributed by atoms with Gasteiger partial charge in [-0.25, -0.2) is 4.98 Å². The van der Waals surface area contributed by atoms with Crippen LogP contribution in [0.4, 0.5) is 0 Å². The second-order valence-corrected chi connectivity index (χ2v) is 5.37. The molecule has 0 fully saturated rings. The molecule has 2 N–H and O–H groups in total. The zero-order chi connectivity index (χ0) is 13.2. The average molecular weight is 269 g/mol. The van der Waals surface area contributed by atoms with Crippen molar-refractivity contribution >= 4 is 11.8 Å². The molecule has 0 aliphatic carbocycles. The molecule has 0 amide bonds. The Morgan fingerprint density at radius 2 is 2.33 bits per heavy atom. The van der Waals surface area contributed by atoms with Crippen molar-refractivity contribution in [3.63, 3.8) is 0 Å². The summed E-state index contributed by atoms with van der Waals surface area (Å²) in [4.78, 5) is 17.9. The van der Waals surface area contributed by atoms with Crippen LogP contribution in [0.5, 0.6) is 0 Å². The summed E-state index contributed by atoms with van der Waals surface area (Å²) in [7, 11) is 0. The van der Waals surface area contributed by atoms with E-state index in [0.717, 1.165) is 23.9 Å². The van der Waals surface area contributed by atoms with Crippen LogP contribution in [0.3, 0.4) is 0 Å². The summed E-state index contributed by atoms with van der Waals surface area (Å²) < 4.78 is 0. The van der Waals surface area contributed by atoms with Crippen LogP contribution in [-0.4, -0.2) is 28.3 Å². The summed E-state index contributed by atoms with van der Waals surface area (Å²) in [6.07, 6.45) is 6.23. The van der Waals surface area contributed by atoms with E-state index < -0.39 is 0 Å². The van der Waals surface area contributed by atoms with Gasteiger partial charge < -0.3 is 10.3 Å². The standard InChI is InChI=1S/C13H23N3OS/c1-3-8-14-11(4-2)6-5-10-18-13-15-9-7-12(17)16-13/h7,9,11,14H,3-6,8,10H2,1-2H3,(H,15,16,17). The number of rotatable bonds is 9. The topological polar surface area (TPSA) is 57.8 Å². The van der Waals surface area contributed by atoms with Gasteiger partial charge in [0.1, 0.15) is 0 Å². The molecule has 0 aromatic carbocycles. The quantitative estimate of drug-likeness (QED) is 0.411. The van der Waals surface area contributed by atoms with Crippen LogP contribution >= 0.6 is 11.8 Å². The number of aromatic amines is 1. The predicted molar refractivity (Wildman–Crippen MR) is 77.2 cm³/mol. The Balaban J connectivity index is 2.19. The van der Waals surface area contributed by atoms with Crippen LogP contribution in [0.2, 0.25) is 0 Å². The Labute approximate surface area is 113 Å². The van der Waals surface area contributed by atoms with Gasteiger partial charge in [-0.05, 0) is 32.2 Å². The van der Waals surface area contributed by atoms with Crippen molar-refractivity contribution in [2.75, 3.05) is 12.3 Å². The van der Waals surface area contributed by atoms with E-state index in [0.29, 0.717) is 6.04 Å². The van der Waals surface area contributed by atoms with E-state index in [-0.39, 0.29) is 5.56 Å². The van der Waals surface area contributed by atoms with Gasteiger partial charge in [-0.1, -0.05) is 25.6 Å². The molecule has 1 unspecified atom stereocenters. The highest BCUT2D eigenvalue weighted by Gasteiger charge is 2.04. The molecule has 102 valence electrons. The van der Waals surface area contributed by atoms with E-state index in [1.165, 1.54) is 25.3 Å². The molecule has 0 bridgehead atoms. The van der Waals surface area contributed by atoms with Crippen LogP contribution in [0, 0.1) is 0 Å². The fourth-order valence-corrected chi connectivity index (χ4v) is 2.54. The second-order valence-electron chi connectivity index (χ2n) is 4.29. The Morgan fingerprint density at radius 1 is 1.50 bits per heavy atom. The molecule has 0 saturated heterocycles. The van der Waals surface area contributed by atoms with Crippen LogP contribution in [0.15, 0.2) is 22.2 Å². The molecule has 4 nitrogen and oxygen atoms in total. The Morgan fingerprint density at radius 3 is 3.00 bits per heavy atom. The van der Waals surface area contributed by atoms with E-state index in [9.17, 15) is 4.79 Å². The third kappa shape index (κ3) is 6.21. The molecule has 5 heteroatoms. The minimum atomic E-state index is -0.0800. The van der Waals surface area contributed by atoms with Gasteiger partial charge in [-0.15, -0.1) is 0 Å². The van der Waals surface area contributed by atoms with Gasteiger partial charge in [0, 0.05) is 24.1 Å². The van der Waals surface area contributed by atoms with Crippen molar-refractivity contribution in [3.05, 3.63) is 22.6 Å². The highest BCUT2D eigenvalue weighted by atomic mass is 32.2. The van der Waals surface area contributed by atoms with Crippen molar-refractivity contribution in [1.82, 2.24) is 15.3 Å². The summed E-state index contributed by atoms with van der Waals surface area (Å²) in [6, 6.07) is 2.06. The first-order valence-electron chi connectivity index (χ1n) is 6.67. The number of nitrogens with one attached hydrogen (secondary N) is 2. The molecule has 1 aromatic heterocycles. The van der Waals surface area contributed by atoms with Crippen LogP contribution in [-0.2, 0) is 0 Å². The summed E-state index contributed by atoms with van der Waals surface area (Å²) in [5.74, 6) is 0.997. The van der Waals surface area contributed by atoms with Gasteiger partial charge >= 0.3 is 0 Å². The first-order chi connectivity index (χ1) is 8.76. The smallest absolute Gasteiger partial charge is 0.251 e. The van der Waals surface area contributed by atoms with Crippen molar-refractivity contribution in [2.45, 2.75) is 50.7 Å². The van der Waals surface area contributed by atoms with Gasteiger partial charge in [0.05, 0.1) is 0 Å². The summed E-state index contributed by atoms with van der Waals surface area (Å²) in [5.41, 5.74) is -0.0800. The van der Waals surface area contributed by atoms with Gasteiger partial charge in [0.2, 0.25) is 0 Å². The number of aromatic nitrogens is 2. The third-order valence-electron chi connectivity index (χ3n) is 2.76. The lowest BCUT2D eigenvalue weighted by molar-refractivity contribution is 0.465. The predicted octanol–water partition coefficient (Wildman–Crippen LogP) is 2.42. The van der Waals surface area contributed by atoms with Crippen molar-refractivity contribution < 1.29 is 0 Å². The minimum absolute atomic E-state index is 0.0800. The minimum Gasteiger partial charge on any atom is -0.314 e. The Bertz CT molecular complexity index is 380. The molecule has 0 saturated carbocycles. The molecule has 1 atom stereocenters. The maximum atomic E-state index is 11.1. The molecule has 18 heavy (non-hydrogen) atoms. The van der Waals surface area contributed by atoms with Crippen LogP contribution < -0.4 is 10.9 Å². The van der Waals surface area contributed by atoms with E-state index in [4.69, 9.17) is 0 Å². The third-order valence-corrected chi connectivity index (χ3v) is 3.73. The van der Waals surface area contributed by atoms with Gasteiger partial charge in [0.15, 0.2) is 5.16 Å². The van der Waals surface area contributed by atoms with Crippen molar-refractivity contribution in [3.8, 4) is 0 Å². The van der Waals surface area contributed by atoms with E-state index in [2.05, 4.69) is 29.1 Å². The lowest BCUT2D eigenvalue weighted by Crippen LogP contribution is -2.29. The molecule has 1 aromatic rings. The van der Waals surface area contributed by atoms with Gasteiger partial charge in [-0.2, -0.15) is 0 Å². The van der Waals surface area contributed by atoms with Crippen LogP contribution in [0.25, 0.3) is 0 Å². The molecule has 0 aliphatic heterocycles.